The first kappa shape index (κ1) is 21.6. The van der Waals surface area contributed by atoms with Gasteiger partial charge in [0, 0.05) is 35.8 Å². The molecule has 2 aromatic rings. The van der Waals surface area contributed by atoms with E-state index in [1.165, 1.54) is 0 Å². The maximum absolute atomic E-state index is 12.9. The number of alkyl halides is 2. The third kappa shape index (κ3) is 6.18. The molecule has 29 heavy (non-hydrogen) atoms. The molecular formula is C22H27F2N3OS. The summed E-state index contributed by atoms with van der Waals surface area (Å²) < 4.78 is 24.9. The molecule has 0 radical (unpaired) electrons. The predicted octanol–water partition coefficient (Wildman–Crippen LogP) is 5.35. The van der Waals surface area contributed by atoms with Gasteiger partial charge in [-0.2, -0.15) is 8.78 Å². The van der Waals surface area contributed by atoms with Gasteiger partial charge < -0.3 is 15.5 Å². The zero-order valence-corrected chi connectivity index (χ0v) is 17.5. The Kier molecular flexibility index (Phi) is 7.50. The van der Waals surface area contributed by atoms with Gasteiger partial charge in [-0.15, -0.1) is 0 Å². The van der Waals surface area contributed by atoms with Crippen LogP contribution < -0.4 is 10.6 Å². The van der Waals surface area contributed by atoms with Crippen molar-refractivity contribution in [2.45, 2.75) is 49.4 Å². The van der Waals surface area contributed by atoms with Gasteiger partial charge in [-0.1, -0.05) is 23.9 Å². The summed E-state index contributed by atoms with van der Waals surface area (Å²) in [6.45, 7) is 6.37. The average Bonchev–Trinajstić information content (AvgIpc) is 2.70. The van der Waals surface area contributed by atoms with Crippen LogP contribution in [0.25, 0.3) is 0 Å². The number of thioether (sulfide) groups is 1. The minimum atomic E-state index is -2.44. The second-order valence-corrected chi connectivity index (χ2v) is 8.51. The molecule has 156 valence electrons. The smallest absolute Gasteiger partial charge is 0.288 e. The molecule has 0 unspecified atom stereocenters. The quantitative estimate of drug-likeness (QED) is 0.594. The summed E-state index contributed by atoms with van der Waals surface area (Å²) in [5.74, 6) is -2.54. The molecule has 0 saturated carbocycles. The minimum absolute atomic E-state index is 0.0963. The van der Waals surface area contributed by atoms with Gasteiger partial charge in [-0.05, 0) is 63.1 Å². The summed E-state index contributed by atoms with van der Waals surface area (Å²) in [6, 6.07) is 14.8. The number of rotatable bonds is 7. The number of hydrogen-bond donors (Lipinski definition) is 2. The molecule has 2 N–H and O–H groups in total. The van der Waals surface area contributed by atoms with Gasteiger partial charge in [0.2, 0.25) is 0 Å². The van der Waals surface area contributed by atoms with E-state index < -0.39 is 5.76 Å². The zero-order valence-electron chi connectivity index (χ0n) is 16.7. The number of amides is 1. The van der Waals surface area contributed by atoms with Crippen LogP contribution in [0.15, 0.2) is 53.4 Å². The summed E-state index contributed by atoms with van der Waals surface area (Å²) in [4.78, 5) is 15.8. The van der Waals surface area contributed by atoms with Gasteiger partial charge in [0.15, 0.2) is 0 Å². The molecule has 2 aromatic carbocycles. The number of benzene rings is 2. The Balaban J connectivity index is 1.63. The fourth-order valence-electron chi connectivity index (χ4n) is 3.49. The Bertz CT molecular complexity index is 806. The van der Waals surface area contributed by atoms with Crippen LogP contribution in [-0.2, 0) is 0 Å². The van der Waals surface area contributed by atoms with Crippen LogP contribution in [-0.4, -0.2) is 41.7 Å². The first-order chi connectivity index (χ1) is 13.9. The van der Waals surface area contributed by atoms with Gasteiger partial charge in [0.1, 0.15) is 0 Å². The van der Waals surface area contributed by atoms with Gasteiger partial charge in [-0.25, -0.2) is 0 Å². The third-order valence-corrected chi connectivity index (χ3v) is 5.85. The van der Waals surface area contributed by atoms with Crippen LogP contribution in [0.5, 0.6) is 0 Å². The van der Waals surface area contributed by atoms with E-state index in [2.05, 4.69) is 29.4 Å². The number of para-hydroxylation sites is 1. The Morgan fingerprint density at radius 3 is 2.34 bits per heavy atom. The minimum Gasteiger partial charge on any atom is -0.355 e. The largest absolute Gasteiger partial charge is 0.355 e. The molecule has 1 amide bonds. The summed E-state index contributed by atoms with van der Waals surface area (Å²) >= 11 is 0.514. The molecular weight excluding hydrogens is 392 g/mol. The number of carbonyl (C=O) groups is 1. The van der Waals surface area contributed by atoms with E-state index in [4.69, 9.17) is 0 Å². The molecule has 0 atom stereocenters. The highest BCUT2D eigenvalue weighted by Crippen LogP contribution is 2.28. The van der Waals surface area contributed by atoms with Gasteiger partial charge in [0.05, 0.1) is 11.3 Å². The highest BCUT2D eigenvalue weighted by molar-refractivity contribution is 7.99. The Morgan fingerprint density at radius 2 is 1.72 bits per heavy atom. The number of hydrogen-bond acceptors (Lipinski definition) is 4. The van der Waals surface area contributed by atoms with Crippen molar-refractivity contribution >= 4 is 29.0 Å². The standard InChI is InChI=1S/C22H27F2N3OS/c1-15(2)27-13-11-17(12-14-27)26-21(28)19-5-3-4-6-20(19)25-16-7-9-18(10-8-16)29-22(23)24/h3-10,15,17,22,25H,11-14H2,1-2H3,(H,26,28). The van der Waals surface area contributed by atoms with Crippen molar-refractivity contribution in [1.29, 1.82) is 0 Å². The van der Waals surface area contributed by atoms with E-state index in [0.29, 0.717) is 34.0 Å². The summed E-state index contributed by atoms with van der Waals surface area (Å²) in [6.07, 6.45) is 1.89. The van der Waals surface area contributed by atoms with Crippen LogP contribution in [0.2, 0.25) is 0 Å². The first-order valence-corrected chi connectivity index (χ1v) is 10.8. The Labute approximate surface area is 175 Å². The van der Waals surface area contributed by atoms with E-state index in [1.54, 1.807) is 30.3 Å². The molecule has 1 fully saturated rings. The molecule has 0 aliphatic carbocycles. The van der Waals surface area contributed by atoms with Gasteiger partial charge >= 0.3 is 0 Å². The zero-order chi connectivity index (χ0) is 20.8. The van der Waals surface area contributed by atoms with Crippen LogP contribution in [0.4, 0.5) is 20.2 Å². The highest BCUT2D eigenvalue weighted by Gasteiger charge is 2.23. The van der Waals surface area contributed by atoms with Crippen LogP contribution in [0, 0.1) is 0 Å². The van der Waals surface area contributed by atoms with Crippen molar-refractivity contribution in [3.63, 3.8) is 0 Å². The molecule has 0 bridgehead atoms. The molecule has 1 aliphatic heterocycles. The first-order valence-electron chi connectivity index (χ1n) is 9.88. The third-order valence-electron chi connectivity index (χ3n) is 5.13. The number of nitrogens with one attached hydrogen (secondary N) is 2. The molecule has 1 aliphatic rings. The molecule has 1 saturated heterocycles. The van der Waals surface area contributed by atoms with E-state index in [0.717, 1.165) is 31.6 Å². The van der Waals surface area contributed by atoms with Gasteiger partial charge in [-0.3, -0.25) is 4.79 Å². The lowest BCUT2D eigenvalue weighted by molar-refractivity contribution is 0.0901. The Hall–Kier alpha value is -2.12. The number of likely N-dealkylation sites (tertiary alicyclic amines) is 1. The van der Waals surface area contributed by atoms with Crippen molar-refractivity contribution in [3.05, 3.63) is 54.1 Å². The topological polar surface area (TPSA) is 44.4 Å². The Morgan fingerprint density at radius 1 is 1.07 bits per heavy atom. The number of halogens is 2. The van der Waals surface area contributed by atoms with Crippen molar-refractivity contribution in [3.8, 4) is 0 Å². The number of nitrogens with zero attached hydrogens (tertiary/aromatic N) is 1. The monoisotopic (exact) mass is 419 g/mol. The van der Waals surface area contributed by atoms with Gasteiger partial charge in [0.25, 0.3) is 11.7 Å². The fourth-order valence-corrected chi connectivity index (χ4v) is 3.99. The lowest BCUT2D eigenvalue weighted by atomic mass is 10.0. The molecule has 1 heterocycles. The second-order valence-electron chi connectivity index (χ2n) is 7.45. The molecule has 0 aromatic heterocycles. The van der Waals surface area contributed by atoms with Crippen molar-refractivity contribution < 1.29 is 13.6 Å². The number of carbonyl (C=O) groups excluding carboxylic acids is 1. The van der Waals surface area contributed by atoms with E-state index in [1.807, 2.05) is 18.2 Å². The SMILES string of the molecule is CC(C)N1CCC(NC(=O)c2ccccc2Nc2ccc(SC(F)F)cc2)CC1. The maximum Gasteiger partial charge on any atom is 0.288 e. The van der Waals surface area contributed by atoms with E-state index in [9.17, 15) is 13.6 Å². The fraction of sp³-hybridized carbons (Fsp3) is 0.409. The average molecular weight is 420 g/mol. The predicted molar refractivity (Wildman–Crippen MR) is 115 cm³/mol. The molecule has 3 rings (SSSR count). The highest BCUT2D eigenvalue weighted by atomic mass is 32.2. The number of piperidine rings is 1. The van der Waals surface area contributed by atoms with Crippen LogP contribution >= 0.6 is 11.8 Å². The van der Waals surface area contributed by atoms with Crippen molar-refractivity contribution in [1.82, 2.24) is 10.2 Å². The summed E-state index contributed by atoms with van der Waals surface area (Å²) in [5, 5.41) is 6.39. The molecule has 0 spiro atoms. The molecule has 7 heteroatoms. The second kappa shape index (κ2) is 10.1. The lowest BCUT2D eigenvalue weighted by Gasteiger charge is -2.34. The maximum atomic E-state index is 12.9. The van der Waals surface area contributed by atoms with Crippen LogP contribution in [0.3, 0.4) is 0 Å². The molecule has 4 nitrogen and oxygen atoms in total. The summed E-state index contributed by atoms with van der Waals surface area (Å²) in [5.41, 5.74) is 2.01. The summed E-state index contributed by atoms with van der Waals surface area (Å²) in [7, 11) is 0. The normalized spacial score (nSPS) is 15.7. The van der Waals surface area contributed by atoms with Crippen LogP contribution in [0.1, 0.15) is 37.0 Å². The van der Waals surface area contributed by atoms with Crippen molar-refractivity contribution in [2.75, 3.05) is 18.4 Å². The lowest BCUT2D eigenvalue weighted by Crippen LogP contribution is -2.46. The van der Waals surface area contributed by atoms with E-state index in [-0.39, 0.29) is 11.9 Å². The van der Waals surface area contributed by atoms with Crippen molar-refractivity contribution in [2.24, 2.45) is 0 Å². The number of anilines is 2. The van der Waals surface area contributed by atoms with E-state index >= 15 is 0 Å².